The number of piperidine rings is 1. The van der Waals surface area contributed by atoms with Crippen molar-refractivity contribution in [2.75, 3.05) is 7.05 Å². The molecule has 1 aromatic carbocycles. The number of nitrogens with one attached hydrogen (secondary N) is 2. The Morgan fingerprint density at radius 1 is 1.20 bits per heavy atom. The predicted molar refractivity (Wildman–Crippen MR) is 96.8 cm³/mol. The Hall–Kier alpha value is -1.92. The van der Waals surface area contributed by atoms with Crippen molar-refractivity contribution in [3.05, 3.63) is 46.0 Å². The van der Waals surface area contributed by atoms with E-state index in [1.165, 1.54) is 24.3 Å². The monoisotopic (exact) mass is 365 g/mol. The second kappa shape index (κ2) is 6.77. The minimum atomic E-state index is -0.425. The van der Waals surface area contributed by atoms with Crippen molar-refractivity contribution in [1.82, 2.24) is 15.2 Å². The topological polar surface area (TPSA) is 65.2 Å². The molecule has 2 bridgehead atoms. The van der Waals surface area contributed by atoms with Gasteiger partial charge in [0.1, 0.15) is 5.82 Å². The smallest absolute Gasteiger partial charge is 0.254 e. The molecule has 2 aliphatic rings. The van der Waals surface area contributed by atoms with Gasteiger partial charge in [-0.15, -0.1) is 12.4 Å². The third-order valence-corrected chi connectivity index (χ3v) is 5.35. The maximum absolute atomic E-state index is 13.6. The third kappa shape index (κ3) is 3.28. The number of rotatable bonds is 2. The van der Waals surface area contributed by atoms with Crippen LogP contribution in [0.1, 0.15) is 36.0 Å². The highest BCUT2D eigenvalue weighted by molar-refractivity contribution is 6.06. The van der Waals surface area contributed by atoms with Gasteiger partial charge in [-0.1, -0.05) is 0 Å². The molecule has 25 heavy (non-hydrogen) atoms. The Balaban J connectivity index is 0.00000182. The molecular formula is C18H21ClFN3O2. The van der Waals surface area contributed by atoms with E-state index in [9.17, 15) is 14.0 Å². The van der Waals surface area contributed by atoms with Gasteiger partial charge in [-0.25, -0.2) is 4.39 Å². The molecule has 2 N–H and O–H groups in total. The number of hydrogen-bond donors (Lipinski definition) is 2. The highest BCUT2D eigenvalue weighted by Crippen LogP contribution is 2.30. The summed E-state index contributed by atoms with van der Waals surface area (Å²) in [5, 5.41) is 4.01. The fourth-order valence-corrected chi connectivity index (χ4v) is 4.10. The molecule has 5 nitrogen and oxygen atoms in total. The van der Waals surface area contributed by atoms with Crippen LogP contribution in [0.3, 0.4) is 0 Å². The molecule has 7 heteroatoms. The highest BCUT2D eigenvalue weighted by Gasteiger charge is 2.36. The number of hydrogen-bond acceptors (Lipinski definition) is 3. The van der Waals surface area contributed by atoms with E-state index >= 15 is 0 Å². The van der Waals surface area contributed by atoms with Gasteiger partial charge >= 0.3 is 0 Å². The Labute approximate surface area is 151 Å². The van der Waals surface area contributed by atoms with Crippen molar-refractivity contribution in [2.24, 2.45) is 0 Å². The molecule has 0 spiro atoms. The highest BCUT2D eigenvalue weighted by atomic mass is 35.5. The second-order valence-electron chi connectivity index (χ2n) is 6.92. The molecule has 3 heterocycles. The molecule has 2 saturated heterocycles. The van der Waals surface area contributed by atoms with Crippen LogP contribution < -0.4 is 10.9 Å². The summed E-state index contributed by atoms with van der Waals surface area (Å²) in [6.07, 6.45) is 4.16. The molecule has 2 aliphatic heterocycles. The number of nitrogens with zero attached hydrogens (tertiary/aromatic N) is 1. The van der Waals surface area contributed by atoms with Crippen molar-refractivity contribution in [1.29, 1.82) is 0 Å². The zero-order valence-electron chi connectivity index (χ0n) is 13.9. The number of aromatic amines is 1. The predicted octanol–water partition coefficient (Wildman–Crippen LogP) is 2.44. The van der Waals surface area contributed by atoms with Gasteiger partial charge < -0.3 is 15.2 Å². The summed E-state index contributed by atoms with van der Waals surface area (Å²) >= 11 is 0. The lowest BCUT2D eigenvalue weighted by Crippen LogP contribution is -2.48. The van der Waals surface area contributed by atoms with Gasteiger partial charge in [0.25, 0.3) is 5.91 Å². The Morgan fingerprint density at radius 2 is 1.88 bits per heavy atom. The number of aromatic nitrogens is 1. The molecular weight excluding hydrogens is 345 g/mol. The first kappa shape index (κ1) is 17.9. The van der Waals surface area contributed by atoms with Crippen molar-refractivity contribution in [3.63, 3.8) is 0 Å². The van der Waals surface area contributed by atoms with Crippen LogP contribution in [0.2, 0.25) is 0 Å². The zero-order chi connectivity index (χ0) is 16.8. The normalized spacial score (nSPS) is 24.8. The van der Waals surface area contributed by atoms with E-state index in [0.29, 0.717) is 23.0 Å². The van der Waals surface area contributed by atoms with E-state index in [4.69, 9.17) is 0 Å². The quantitative estimate of drug-likeness (QED) is 0.859. The van der Waals surface area contributed by atoms with Gasteiger partial charge in [0.15, 0.2) is 0 Å². The fourth-order valence-electron chi connectivity index (χ4n) is 4.10. The lowest BCUT2D eigenvalue weighted by molar-refractivity contribution is 0.0683. The molecule has 1 amide bonds. The van der Waals surface area contributed by atoms with Crippen LogP contribution >= 0.6 is 12.4 Å². The number of amides is 1. The molecule has 0 radical (unpaired) electrons. The first-order valence-corrected chi connectivity index (χ1v) is 8.37. The minimum Gasteiger partial charge on any atom is -0.339 e. The first-order chi connectivity index (χ1) is 11.5. The number of halogens is 2. The number of carbonyl (C=O) groups excluding carboxylic acids is 1. The number of pyridine rings is 1. The average Bonchev–Trinajstić information content (AvgIpc) is 2.91. The van der Waals surface area contributed by atoms with Gasteiger partial charge in [-0.05, 0) is 43.9 Å². The van der Waals surface area contributed by atoms with E-state index in [1.807, 2.05) is 0 Å². The van der Waals surface area contributed by atoms with Crippen LogP contribution in [0.5, 0.6) is 0 Å². The largest absolute Gasteiger partial charge is 0.339 e. The molecule has 1 aromatic heterocycles. The standard InChI is InChI=1S/C18H20FN3O2.ClH/c1-22(13-7-11-3-4-12(8-13)20-11)18(24)15-9-17(23)21-16-5-2-10(19)6-14(15)16;/h2,5-6,9,11-13,20H,3-4,7-8H2,1H3,(H,21,23);1H. The molecule has 2 fully saturated rings. The Kier molecular flexibility index (Phi) is 4.84. The summed E-state index contributed by atoms with van der Waals surface area (Å²) in [6.45, 7) is 0. The van der Waals surface area contributed by atoms with Crippen molar-refractivity contribution in [3.8, 4) is 0 Å². The second-order valence-corrected chi connectivity index (χ2v) is 6.92. The zero-order valence-corrected chi connectivity index (χ0v) is 14.7. The molecule has 2 atom stereocenters. The number of fused-ring (bicyclic) bond motifs is 3. The Morgan fingerprint density at radius 3 is 2.56 bits per heavy atom. The number of H-pyrrole nitrogens is 1. The SMILES string of the molecule is CN(C(=O)c1cc(=O)[nH]c2ccc(F)cc12)C1CC2CCC(C1)N2.Cl. The van der Waals surface area contributed by atoms with E-state index in [1.54, 1.807) is 11.9 Å². The molecule has 4 rings (SSSR count). The molecule has 0 aliphatic carbocycles. The van der Waals surface area contributed by atoms with Crippen molar-refractivity contribution in [2.45, 2.75) is 43.8 Å². The maximum Gasteiger partial charge on any atom is 0.254 e. The van der Waals surface area contributed by atoms with Gasteiger partial charge in [-0.3, -0.25) is 9.59 Å². The summed E-state index contributed by atoms with van der Waals surface area (Å²) in [6, 6.07) is 6.44. The Bertz CT molecular complexity index is 857. The molecule has 2 unspecified atom stereocenters. The van der Waals surface area contributed by atoms with E-state index in [0.717, 1.165) is 25.7 Å². The first-order valence-electron chi connectivity index (χ1n) is 8.37. The summed E-state index contributed by atoms with van der Waals surface area (Å²) in [5.74, 6) is -0.644. The van der Waals surface area contributed by atoms with Gasteiger partial charge in [0.2, 0.25) is 5.56 Å². The maximum atomic E-state index is 13.6. The summed E-state index contributed by atoms with van der Waals surface area (Å²) in [4.78, 5) is 29.2. The lowest BCUT2D eigenvalue weighted by atomic mass is 9.97. The van der Waals surface area contributed by atoms with Crippen molar-refractivity contribution < 1.29 is 9.18 Å². The van der Waals surface area contributed by atoms with Crippen LogP contribution in [-0.2, 0) is 0 Å². The van der Waals surface area contributed by atoms with Crippen LogP contribution in [-0.4, -0.2) is 41.0 Å². The van der Waals surface area contributed by atoms with E-state index in [-0.39, 0.29) is 35.5 Å². The van der Waals surface area contributed by atoms with Crippen LogP contribution in [0.25, 0.3) is 10.9 Å². The summed E-state index contributed by atoms with van der Waals surface area (Å²) < 4.78 is 13.6. The number of benzene rings is 1. The lowest BCUT2D eigenvalue weighted by Gasteiger charge is -2.35. The molecule has 134 valence electrons. The van der Waals surface area contributed by atoms with Crippen LogP contribution in [0.15, 0.2) is 29.1 Å². The van der Waals surface area contributed by atoms with Crippen molar-refractivity contribution >= 4 is 29.2 Å². The number of carbonyl (C=O) groups is 1. The van der Waals surface area contributed by atoms with Gasteiger partial charge in [0.05, 0.1) is 5.56 Å². The summed E-state index contributed by atoms with van der Waals surface area (Å²) in [7, 11) is 1.78. The van der Waals surface area contributed by atoms with Gasteiger partial charge in [-0.2, -0.15) is 0 Å². The third-order valence-electron chi connectivity index (χ3n) is 5.35. The van der Waals surface area contributed by atoms with Gasteiger partial charge in [0, 0.05) is 42.1 Å². The van der Waals surface area contributed by atoms with E-state index in [2.05, 4.69) is 10.3 Å². The van der Waals surface area contributed by atoms with Crippen LogP contribution in [0.4, 0.5) is 4.39 Å². The molecule has 2 aromatic rings. The average molecular weight is 366 g/mol. The van der Waals surface area contributed by atoms with E-state index < -0.39 is 5.82 Å². The minimum absolute atomic E-state index is 0. The molecule has 0 saturated carbocycles. The fraction of sp³-hybridized carbons (Fsp3) is 0.444. The summed E-state index contributed by atoms with van der Waals surface area (Å²) in [5.41, 5.74) is 0.392. The van der Waals surface area contributed by atoms with Crippen LogP contribution in [0, 0.1) is 5.82 Å².